The van der Waals surface area contributed by atoms with Gasteiger partial charge in [0, 0.05) is 11.6 Å². The van der Waals surface area contributed by atoms with E-state index in [1.54, 1.807) is 12.1 Å². The zero-order valence-corrected chi connectivity index (χ0v) is 14.1. The number of benzene rings is 2. The molecule has 0 aliphatic heterocycles. The third-order valence-corrected chi connectivity index (χ3v) is 3.51. The van der Waals surface area contributed by atoms with Gasteiger partial charge in [0.15, 0.2) is 0 Å². The fourth-order valence-corrected chi connectivity index (χ4v) is 2.13. The van der Waals surface area contributed by atoms with Gasteiger partial charge in [-0.1, -0.05) is 54.1 Å². The van der Waals surface area contributed by atoms with Gasteiger partial charge in [0.2, 0.25) is 0 Å². The van der Waals surface area contributed by atoms with Crippen molar-refractivity contribution in [2.75, 3.05) is 27.2 Å². The highest BCUT2D eigenvalue weighted by molar-refractivity contribution is 6.30. The van der Waals surface area contributed by atoms with Crippen LogP contribution in [0.2, 0.25) is 5.02 Å². The second kappa shape index (κ2) is 8.51. The first-order valence-electron chi connectivity index (χ1n) is 7.41. The minimum absolute atomic E-state index is 0.335. The summed E-state index contributed by atoms with van der Waals surface area (Å²) in [6, 6.07) is 16.9. The van der Waals surface area contributed by atoms with Crippen LogP contribution in [-0.4, -0.2) is 38.1 Å². The Labute approximate surface area is 142 Å². The van der Waals surface area contributed by atoms with Gasteiger partial charge in [-0.15, -0.1) is 0 Å². The number of ether oxygens (including phenoxy) is 1. The molecule has 0 unspecified atom stereocenters. The summed E-state index contributed by atoms with van der Waals surface area (Å²) in [7, 11) is 3.88. The maximum Gasteiger partial charge on any atom is 0.338 e. The van der Waals surface area contributed by atoms with E-state index in [1.807, 2.05) is 67.5 Å². The molecule has 0 atom stereocenters. The molecule has 0 fully saturated rings. The largest absolute Gasteiger partial charge is 0.461 e. The molecule has 2 aromatic rings. The van der Waals surface area contributed by atoms with Crippen LogP contribution < -0.4 is 0 Å². The molecular weight excluding hydrogens is 310 g/mol. The van der Waals surface area contributed by atoms with Crippen LogP contribution in [0.15, 0.2) is 54.6 Å². The third-order valence-electron chi connectivity index (χ3n) is 3.26. The number of carbonyl (C=O) groups excluding carboxylic acids is 1. The van der Waals surface area contributed by atoms with Crippen LogP contribution in [-0.2, 0) is 9.53 Å². The number of likely N-dealkylation sites (N-methyl/N-ethyl adjacent to an activating group) is 1. The molecule has 0 aliphatic rings. The van der Waals surface area contributed by atoms with Crippen molar-refractivity contribution in [3.8, 4) is 0 Å². The lowest BCUT2D eigenvalue weighted by atomic mass is 10.0. The Morgan fingerprint density at radius 1 is 1.09 bits per heavy atom. The number of hydrogen-bond acceptors (Lipinski definition) is 3. The number of nitrogens with zero attached hydrogens (tertiary/aromatic N) is 1. The molecule has 4 heteroatoms. The van der Waals surface area contributed by atoms with Gasteiger partial charge in [-0.25, -0.2) is 4.79 Å². The van der Waals surface area contributed by atoms with Crippen LogP contribution in [0.5, 0.6) is 0 Å². The fourth-order valence-electron chi connectivity index (χ4n) is 2.00. The quantitative estimate of drug-likeness (QED) is 0.456. The topological polar surface area (TPSA) is 29.5 Å². The molecule has 0 radical (unpaired) electrons. The monoisotopic (exact) mass is 329 g/mol. The molecular formula is C19H20ClNO2. The van der Waals surface area contributed by atoms with Gasteiger partial charge in [0.1, 0.15) is 6.61 Å². The summed E-state index contributed by atoms with van der Waals surface area (Å²) in [5, 5.41) is 0.633. The number of rotatable bonds is 6. The van der Waals surface area contributed by atoms with E-state index >= 15 is 0 Å². The van der Waals surface area contributed by atoms with Gasteiger partial charge in [0.25, 0.3) is 0 Å². The third kappa shape index (κ3) is 5.55. The van der Waals surface area contributed by atoms with Crippen LogP contribution >= 0.6 is 11.6 Å². The maximum atomic E-state index is 12.5. The second-order valence-electron chi connectivity index (χ2n) is 5.41. The smallest absolute Gasteiger partial charge is 0.338 e. The average molecular weight is 330 g/mol. The van der Waals surface area contributed by atoms with E-state index in [0.29, 0.717) is 23.7 Å². The minimum atomic E-state index is -0.335. The summed E-state index contributed by atoms with van der Waals surface area (Å²) in [4.78, 5) is 14.4. The molecule has 2 aromatic carbocycles. The van der Waals surface area contributed by atoms with Crippen LogP contribution in [0.25, 0.3) is 11.6 Å². The summed E-state index contributed by atoms with van der Waals surface area (Å²) >= 11 is 5.93. The Kier molecular flexibility index (Phi) is 6.39. The van der Waals surface area contributed by atoms with Crippen molar-refractivity contribution in [2.45, 2.75) is 0 Å². The van der Waals surface area contributed by atoms with Crippen molar-refractivity contribution in [2.24, 2.45) is 0 Å². The summed E-state index contributed by atoms with van der Waals surface area (Å²) in [5.74, 6) is -0.335. The zero-order valence-electron chi connectivity index (χ0n) is 13.3. The molecule has 0 saturated heterocycles. The Bertz CT molecular complexity index is 664. The molecule has 0 spiro atoms. The van der Waals surface area contributed by atoms with Crippen LogP contribution in [0.3, 0.4) is 0 Å². The van der Waals surface area contributed by atoms with E-state index in [0.717, 1.165) is 11.1 Å². The van der Waals surface area contributed by atoms with Crippen molar-refractivity contribution < 1.29 is 9.53 Å². The van der Waals surface area contributed by atoms with Crippen molar-refractivity contribution in [3.63, 3.8) is 0 Å². The summed E-state index contributed by atoms with van der Waals surface area (Å²) in [5.41, 5.74) is 2.25. The van der Waals surface area contributed by atoms with Crippen LogP contribution in [0.4, 0.5) is 0 Å². The minimum Gasteiger partial charge on any atom is -0.461 e. The zero-order chi connectivity index (χ0) is 16.7. The maximum absolute atomic E-state index is 12.5. The molecule has 3 nitrogen and oxygen atoms in total. The predicted molar refractivity (Wildman–Crippen MR) is 95.3 cm³/mol. The molecule has 0 aromatic heterocycles. The molecule has 0 N–H and O–H groups in total. The van der Waals surface area contributed by atoms with Crippen molar-refractivity contribution >= 4 is 29.2 Å². The summed E-state index contributed by atoms with van der Waals surface area (Å²) in [6.07, 6.45) is 1.83. The molecule has 120 valence electrons. The normalized spacial score (nSPS) is 11.6. The number of hydrogen-bond donors (Lipinski definition) is 0. The van der Waals surface area contributed by atoms with E-state index in [-0.39, 0.29) is 5.97 Å². The van der Waals surface area contributed by atoms with Crippen molar-refractivity contribution in [1.82, 2.24) is 4.90 Å². The first-order chi connectivity index (χ1) is 11.1. The lowest BCUT2D eigenvalue weighted by Gasteiger charge is -2.12. The Morgan fingerprint density at radius 3 is 2.35 bits per heavy atom. The molecule has 0 heterocycles. The SMILES string of the molecule is CN(C)CCOC(=O)/C(=C/c1ccccc1)c1ccc(Cl)cc1. The van der Waals surface area contributed by atoms with Gasteiger partial charge in [-0.3, -0.25) is 0 Å². The molecule has 0 bridgehead atoms. The molecule has 0 amide bonds. The first-order valence-corrected chi connectivity index (χ1v) is 7.78. The molecule has 23 heavy (non-hydrogen) atoms. The molecule has 0 aliphatic carbocycles. The van der Waals surface area contributed by atoms with E-state index < -0.39 is 0 Å². The van der Waals surface area contributed by atoms with E-state index in [4.69, 9.17) is 16.3 Å². The highest BCUT2D eigenvalue weighted by Gasteiger charge is 2.14. The number of halogens is 1. The fraction of sp³-hybridized carbons (Fsp3) is 0.211. The molecule has 0 saturated carbocycles. The van der Waals surface area contributed by atoms with Crippen molar-refractivity contribution in [3.05, 3.63) is 70.7 Å². The van der Waals surface area contributed by atoms with Gasteiger partial charge in [0.05, 0.1) is 5.57 Å². The lowest BCUT2D eigenvalue weighted by molar-refractivity contribution is -0.136. The van der Waals surface area contributed by atoms with Gasteiger partial charge in [-0.05, 0) is 43.4 Å². The highest BCUT2D eigenvalue weighted by atomic mass is 35.5. The van der Waals surface area contributed by atoms with Crippen LogP contribution in [0.1, 0.15) is 11.1 Å². The van der Waals surface area contributed by atoms with Gasteiger partial charge in [-0.2, -0.15) is 0 Å². The lowest BCUT2D eigenvalue weighted by Crippen LogP contribution is -2.20. The van der Waals surface area contributed by atoms with E-state index in [9.17, 15) is 4.79 Å². The average Bonchev–Trinajstić information content (AvgIpc) is 2.54. The molecule has 2 rings (SSSR count). The van der Waals surface area contributed by atoms with Crippen molar-refractivity contribution in [1.29, 1.82) is 0 Å². The van der Waals surface area contributed by atoms with Crippen LogP contribution in [0, 0.1) is 0 Å². The number of carbonyl (C=O) groups is 1. The Morgan fingerprint density at radius 2 is 1.74 bits per heavy atom. The first kappa shape index (κ1) is 17.3. The summed E-state index contributed by atoms with van der Waals surface area (Å²) < 4.78 is 5.39. The predicted octanol–water partition coefficient (Wildman–Crippen LogP) is 3.99. The number of esters is 1. The van der Waals surface area contributed by atoms with Gasteiger partial charge < -0.3 is 9.64 Å². The van der Waals surface area contributed by atoms with Gasteiger partial charge >= 0.3 is 5.97 Å². The Balaban J connectivity index is 2.26. The Hall–Kier alpha value is -2.10. The van der Waals surface area contributed by atoms with E-state index in [2.05, 4.69) is 0 Å². The summed E-state index contributed by atoms with van der Waals surface area (Å²) in [6.45, 7) is 1.04. The highest BCUT2D eigenvalue weighted by Crippen LogP contribution is 2.22. The van der Waals surface area contributed by atoms with E-state index in [1.165, 1.54) is 0 Å². The standard InChI is InChI=1S/C19H20ClNO2/c1-21(2)12-13-23-19(22)18(14-15-6-4-3-5-7-15)16-8-10-17(20)11-9-16/h3-11,14H,12-13H2,1-2H3/b18-14+. The second-order valence-corrected chi connectivity index (χ2v) is 5.85.